The van der Waals surface area contributed by atoms with Crippen molar-refractivity contribution in [2.45, 2.75) is 26.1 Å². The lowest BCUT2D eigenvalue weighted by Gasteiger charge is -2.28. The van der Waals surface area contributed by atoms with Gasteiger partial charge < -0.3 is 10.1 Å². The first-order chi connectivity index (χ1) is 7.74. The van der Waals surface area contributed by atoms with Crippen molar-refractivity contribution < 1.29 is 9.13 Å². The number of nitrogens with one attached hydrogen (secondary N) is 1. The summed E-state index contributed by atoms with van der Waals surface area (Å²) >= 11 is 0. The van der Waals surface area contributed by atoms with Crippen molar-refractivity contribution in [3.63, 3.8) is 0 Å². The van der Waals surface area contributed by atoms with Crippen molar-refractivity contribution >= 4 is 0 Å². The van der Waals surface area contributed by atoms with Gasteiger partial charge in [-0.3, -0.25) is 0 Å². The molecule has 92 valence electrons. The third-order valence-electron chi connectivity index (χ3n) is 2.29. The highest BCUT2D eigenvalue weighted by Gasteiger charge is 2.26. The van der Waals surface area contributed by atoms with Crippen LogP contribution < -0.4 is 5.32 Å². The predicted molar refractivity (Wildman–Crippen MR) is 67.3 cm³/mol. The Morgan fingerprint density at radius 2 is 1.94 bits per heavy atom. The van der Waals surface area contributed by atoms with Crippen molar-refractivity contribution in [1.29, 1.82) is 0 Å². The van der Waals surface area contributed by atoms with Crippen LogP contribution in [0.1, 0.15) is 13.8 Å². The van der Waals surface area contributed by atoms with Gasteiger partial charge in [-0.25, -0.2) is 4.39 Å². The summed E-state index contributed by atoms with van der Waals surface area (Å²) in [5.41, 5.74) is 1.40. The molecule has 0 aromatic rings. The normalized spacial score (nSPS) is 24.5. The van der Waals surface area contributed by atoms with E-state index in [1.165, 1.54) is 0 Å². The van der Waals surface area contributed by atoms with E-state index in [0.717, 1.165) is 5.57 Å². The fourth-order valence-corrected chi connectivity index (χ4v) is 1.60. The fourth-order valence-electron chi connectivity index (χ4n) is 1.60. The summed E-state index contributed by atoms with van der Waals surface area (Å²) in [6.45, 7) is 12.0. The number of rotatable bonds is 4. The van der Waals surface area contributed by atoms with Gasteiger partial charge >= 0.3 is 0 Å². The Hall–Kier alpha value is -0.930. The Kier molecular flexibility index (Phi) is 7.77. The van der Waals surface area contributed by atoms with Gasteiger partial charge in [0.05, 0.1) is 12.7 Å². The molecule has 3 heteroatoms. The van der Waals surface area contributed by atoms with Crippen LogP contribution in [0.5, 0.6) is 0 Å². The zero-order valence-corrected chi connectivity index (χ0v) is 10.4. The summed E-state index contributed by atoms with van der Waals surface area (Å²) in [5, 5.41) is 3.00. The molecule has 0 aromatic carbocycles. The maximum Gasteiger partial charge on any atom is 0.149 e. The Bertz CT molecular complexity index is 261. The first-order valence-corrected chi connectivity index (χ1v) is 5.63. The molecule has 1 N–H and O–H groups in total. The Morgan fingerprint density at radius 3 is 2.38 bits per heavy atom. The van der Waals surface area contributed by atoms with Gasteiger partial charge in [0.25, 0.3) is 0 Å². The molecule has 0 radical (unpaired) electrons. The minimum Gasteiger partial charge on any atom is -0.369 e. The highest BCUT2D eigenvalue weighted by atomic mass is 19.1. The van der Waals surface area contributed by atoms with Crippen LogP contribution in [0.25, 0.3) is 0 Å². The molecule has 0 aliphatic carbocycles. The van der Waals surface area contributed by atoms with Crippen molar-refractivity contribution in [3.05, 3.63) is 36.5 Å². The van der Waals surface area contributed by atoms with E-state index in [2.05, 4.69) is 18.5 Å². The first kappa shape index (κ1) is 15.1. The van der Waals surface area contributed by atoms with Crippen LogP contribution >= 0.6 is 0 Å². The van der Waals surface area contributed by atoms with Crippen LogP contribution in [0.2, 0.25) is 0 Å². The lowest BCUT2D eigenvalue weighted by molar-refractivity contribution is 0.0359. The topological polar surface area (TPSA) is 21.3 Å². The molecule has 0 spiro atoms. The Labute approximate surface area is 97.9 Å². The average molecular weight is 227 g/mol. The van der Waals surface area contributed by atoms with E-state index in [0.29, 0.717) is 12.1 Å². The van der Waals surface area contributed by atoms with Crippen LogP contribution in [0.15, 0.2) is 36.5 Å². The zero-order chi connectivity index (χ0) is 12.6. The van der Waals surface area contributed by atoms with Crippen molar-refractivity contribution in [2.24, 2.45) is 0 Å². The van der Waals surface area contributed by atoms with E-state index in [-0.39, 0.29) is 12.7 Å². The maximum absolute atomic E-state index is 13.4. The fraction of sp³-hybridized carbons (Fsp3) is 0.538. The second kappa shape index (κ2) is 8.25. The minimum atomic E-state index is -1.08. The Balaban J connectivity index is 0.00000106. The summed E-state index contributed by atoms with van der Waals surface area (Å²) in [6.07, 6.45) is 2.00. The smallest absolute Gasteiger partial charge is 0.149 e. The molecule has 1 rings (SSSR count). The molecule has 0 bridgehead atoms. The van der Waals surface area contributed by atoms with Gasteiger partial charge in [0.1, 0.15) is 6.17 Å². The number of ether oxygens (including phenoxy) is 1. The van der Waals surface area contributed by atoms with E-state index >= 15 is 0 Å². The van der Waals surface area contributed by atoms with Gasteiger partial charge in [-0.15, -0.1) is 0 Å². The second-order valence-corrected chi connectivity index (χ2v) is 3.17. The zero-order valence-electron chi connectivity index (χ0n) is 10.4. The van der Waals surface area contributed by atoms with Crippen molar-refractivity contribution in [2.75, 3.05) is 20.2 Å². The van der Waals surface area contributed by atoms with Gasteiger partial charge in [-0.05, 0) is 18.2 Å². The highest BCUT2D eigenvalue weighted by Crippen LogP contribution is 2.25. The number of alkyl halides is 1. The largest absolute Gasteiger partial charge is 0.369 e. The van der Waals surface area contributed by atoms with E-state index in [9.17, 15) is 4.39 Å². The molecule has 1 aliphatic heterocycles. The van der Waals surface area contributed by atoms with Crippen molar-refractivity contribution in [3.8, 4) is 0 Å². The lowest BCUT2D eigenvalue weighted by atomic mass is 9.96. The van der Waals surface area contributed by atoms with E-state index < -0.39 is 6.17 Å². The average Bonchev–Trinajstić information content (AvgIpc) is 2.33. The number of likely N-dealkylation sites (N-methyl/N-ethyl adjacent to an activating group) is 1. The van der Waals surface area contributed by atoms with Crippen LogP contribution in [-0.4, -0.2) is 32.5 Å². The number of hydrogen-bond acceptors (Lipinski definition) is 2. The third kappa shape index (κ3) is 3.58. The van der Waals surface area contributed by atoms with Gasteiger partial charge in [-0.1, -0.05) is 39.2 Å². The molecule has 0 saturated heterocycles. The summed E-state index contributed by atoms with van der Waals surface area (Å²) in [6, 6.07) is 0. The summed E-state index contributed by atoms with van der Waals surface area (Å²) in [5.74, 6) is 0. The van der Waals surface area contributed by atoms with Crippen LogP contribution in [0.4, 0.5) is 4.39 Å². The number of halogens is 1. The lowest BCUT2D eigenvalue weighted by Crippen LogP contribution is -2.35. The van der Waals surface area contributed by atoms with Gasteiger partial charge in [-0.2, -0.15) is 0 Å². The SMILES string of the molecule is C=CC1=C(C=C)[C@@H](CNC)OC[C@H]1F.CC. The second-order valence-electron chi connectivity index (χ2n) is 3.17. The molecule has 2 atom stereocenters. The summed E-state index contributed by atoms with van der Waals surface area (Å²) in [4.78, 5) is 0. The van der Waals surface area contributed by atoms with Crippen LogP contribution in [0, 0.1) is 0 Å². The molecular weight excluding hydrogens is 205 g/mol. The molecule has 0 fully saturated rings. The predicted octanol–water partition coefficient (Wildman–Crippen LogP) is 2.64. The van der Waals surface area contributed by atoms with Gasteiger partial charge in [0.15, 0.2) is 0 Å². The molecule has 1 aliphatic rings. The van der Waals surface area contributed by atoms with Gasteiger partial charge in [0, 0.05) is 6.54 Å². The third-order valence-corrected chi connectivity index (χ3v) is 2.29. The van der Waals surface area contributed by atoms with E-state index in [4.69, 9.17) is 4.74 Å². The molecule has 0 unspecified atom stereocenters. The van der Waals surface area contributed by atoms with Crippen molar-refractivity contribution in [1.82, 2.24) is 5.32 Å². The highest BCUT2D eigenvalue weighted by molar-refractivity contribution is 5.38. The molecule has 0 aromatic heterocycles. The standard InChI is InChI=1S/C11H16FNO.C2H6/c1-4-8-9(5-2)11(6-13-3)14-7-10(8)12;1-2/h4-5,10-11,13H,1-2,6-7H2,3H3;1-2H3/t10-,11-;/m1./s1. The first-order valence-electron chi connectivity index (χ1n) is 5.63. The Morgan fingerprint density at radius 1 is 1.38 bits per heavy atom. The molecule has 2 nitrogen and oxygen atoms in total. The van der Waals surface area contributed by atoms with E-state index in [1.807, 2.05) is 20.9 Å². The number of hydrogen-bond donors (Lipinski definition) is 1. The van der Waals surface area contributed by atoms with Gasteiger partial charge in [0.2, 0.25) is 0 Å². The monoisotopic (exact) mass is 227 g/mol. The molecule has 1 heterocycles. The van der Waals surface area contributed by atoms with E-state index in [1.54, 1.807) is 12.2 Å². The molecule has 0 amide bonds. The molecule has 16 heavy (non-hydrogen) atoms. The minimum absolute atomic E-state index is 0.102. The van der Waals surface area contributed by atoms with Crippen LogP contribution in [-0.2, 0) is 4.74 Å². The summed E-state index contributed by atoms with van der Waals surface area (Å²) in [7, 11) is 1.83. The maximum atomic E-state index is 13.4. The number of allylic oxidation sites excluding steroid dienone is 1. The quantitative estimate of drug-likeness (QED) is 0.797. The molecular formula is C13H22FNO. The van der Waals surface area contributed by atoms with Crippen LogP contribution in [0.3, 0.4) is 0 Å². The summed E-state index contributed by atoms with van der Waals surface area (Å²) < 4.78 is 18.7. The molecule has 0 saturated carbocycles.